The molecule has 1 nitrogen and oxygen atoms in total. The van der Waals surface area contributed by atoms with Crippen LogP contribution in [0.1, 0.15) is 32.8 Å². The van der Waals surface area contributed by atoms with Gasteiger partial charge in [-0.2, -0.15) is 0 Å². The Morgan fingerprint density at radius 1 is 1.14 bits per heavy atom. The van der Waals surface area contributed by atoms with E-state index in [1.54, 1.807) is 7.11 Å². The summed E-state index contributed by atoms with van der Waals surface area (Å²) in [7, 11) is 1.68. The summed E-state index contributed by atoms with van der Waals surface area (Å²) >= 11 is 0. The first-order chi connectivity index (χ1) is 10.0. The lowest BCUT2D eigenvalue weighted by Gasteiger charge is -2.07. The van der Waals surface area contributed by atoms with E-state index in [0.717, 1.165) is 12.2 Å². The second-order valence-corrected chi connectivity index (χ2v) is 5.43. The van der Waals surface area contributed by atoms with Crippen LogP contribution in [0.2, 0.25) is 0 Å². The van der Waals surface area contributed by atoms with Crippen molar-refractivity contribution in [3.05, 3.63) is 71.9 Å². The number of allylic oxidation sites excluding steroid dienone is 6. The predicted molar refractivity (Wildman–Crippen MR) is 93.5 cm³/mol. The molecule has 1 heteroatoms. The number of ether oxygens (including phenoxy) is 1. The molecule has 21 heavy (non-hydrogen) atoms. The summed E-state index contributed by atoms with van der Waals surface area (Å²) in [5, 5.41) is 0. The van der Waals surface area contributed by atoms with Crippen molar-refractivity contribution in [2.45, 2.75) is 27.2 Å². The van der Waals surface area contributed by atoms with Crippen molar-refractivity contribution in [1.82, 2.24) is 0 Å². The summed E-state index contributed by atoms with van der Waals surface area (Å²) in [6.45, 7) is 10.2. The molecule has 0 aliphatic rings. The van der Waals surface area contributed by atoms with E-state index in [4.69, 9.17) is 4.74 Å². The maximum absolute atomic E-state index is 5.16. The zero-order valence-corrected chi connectivity index (χ0v) is 13.6. The Balaban J connectivity index is 2.73. The molecule has 1 aromatic rings. The van der Waals surface area contributed by atoms with Crippen molar-refractivity contribution < 1.29 is 4.74 Å². The van der Waals surface area contributed by atoms with Gasteiger partial charge in [0.1, 0.15) is 5.75 Å². The van der Waals surface area contributed by atoms with Crippen LogP contribution < -0.4 is 4.74 Å². The molecule has 0 amide bonds. The Morgan fingerprint density at radius 3 is 2.33 bits per heavy atom. The van der Waals surface area contributed by atoms with Crippen LogP contribution in [0.25, 0.3) is 6.08 Å². The lowest BCUT2D eigenvalue weighted by molar-refractivity contribution is 0.415. The summed E-state index contributed by atoms with van der Waals surface area (Å²) in [5.74, 6) is 1.31. The molecule has 0 saturated carbocycles. The van der Waals surface area contributed by atoms with E-state index in [0.29, 0.717) is 5.92 Å². The predicted octanol–water partition coefficient (Wildman–Crippen LogP) is 5.81. The molecule has 0 spiro atoms. The molecule has 0 aromatic heterocycles. The van der Waals surface area contributed by atoms with E-state index in [2.05, 4.69) is 63.8 Å². The van der Waals surface area contributed by atoms with Crippen molar-refractivity contribution >= 4 is 6.08 Å². The van der Waals surface area contributed by atoms with E-state index in [9.17, 15) is 0 Å². The van der Waals surface area contributed by atoms with Gasteiger partial charge in [-0.1, -0.05) is 60.2 Å². The fourth-order valence-corrected chi connectivity index (χ4v) is 2.09. The number of hydrogen-bond donors (Lipinski definition) is 0. The van der Waals surface area contributed by atoms with E-state index in [1.165, 1.54) is 16.7 Å². The normalized spacial score (nSPS) is 13.0. The van der Waals surface area contributed by atoms with Crippen molar-refractivity contribution in [3.63, 3.8) is 0 Å². The van der Waals surface area contributed by atoms with Crippen molar-refractivity contribution in [1.29, 1.82) is 0 Å². The molecule has 1 unspecified atom stereocenters. The Hall–Kier alpha value is -2.02. The average molecular weight is 282 g/mol. The highest BCUT2D eigenvalue weighted by molar-refractivity contribution is 5.50. The van der Waals surface area contributed by atoms with Crippen LogP contribution in [-0.2, 0) is 0 Å². The van der Waals surface area contributed by atoms with Gasteiger partial charge < -0.3 is 4.74 Å². The zero-order valence-electron chi connectivity index (χ0n) is 13.6. The Morgan fingerprint density at radius 2 is 1.81 bits per heavy atom. The fraction of sp³-hybridized carbons (Fsp3) is 0.300. The van der Waals surface area contributed by atoms with Crippen molar-refractivity contribution in [3.8, 4) is 5.75 Å². The molecule has 0 saturated heterocycles. The number of methoxy groups -OCH3 is 1. The maximum atomic E-state index is 5.16. The molecule has 0 aliphatic carbocycles. The van der Waals surface area contributed by atoms with Gasteiger partial charge in [0, 0.05) is 0 Å². The largest absolute Gasteiger partial charge is 0.497 e. The minimum absolute atomic E-state index is 0.419. The van der Waals surface area contributed by atoms with Crippen LogP contribution >= 0.6 is 0 Å². The van der Waals surface area contributed by atoms with Gasteiger partial charge in [0.2, 0.25) is 0 Å². The summed E-state index contributed by atoms with van der Waals surface area (Å²) in [4.78, 5) is 0. The summed E-state index contributed by atoms with van der Waals surface area (Å²) in [6.07, 6.45) is 11.8. The first-order valence-electron chi connectivity index (χ1n) is 7.31. The Bertz CT molecular complexity index is 525. The van der Waals surface area contributed by atoms with Crippen LogP contribution in [-0.4, -0.2) is 7.11 Å². The third kappa shape index (κ3) is 6.80. The zero-order chi connectivity index (χ0) is 15.7. The van der Waals surface area contributed by atoms with Gasteiger partial charge >= 0.3 is 0 Å². The summed E-state index contributed by atoms with van der Waals surface area (Å²) in [6, 6.07) is 8.09. The van der Waals surface area contributed by atoms with Crippen molar-refractivity contribution in [2.75, 3.05) is 7.11 Å². The van der Waals surface area contributed by atoms with Gasteiger partial charge in [-0.05, 0) is 50.8 Å². The third-order valence-electron chi connectivity index (χ3n) is 3.18. The molecular weight excluding hydrogens is 256 g/mol. The molecule has 0 heterocycles. The highest BCUT2D eigenvalue weighted by atomic mass is 16.5. The van der Waals surface area contributed by atoms with Gasteiger partial charge in [0.25, 0.3) is 0 Å². The average Bonchev–Trinajstić information content (AvgIpc) is 2.47. The van der Waals surface area contributed by atoms with E-state index in [-0.39, 0.29) is 0 Å². The van der Waals surface area contributed by atoms with E-state index in [1.807, 2.05) is 18.2 Å². The van der Waals surface area contributed by atoms with Crippen LogP contribution in [0.15, 0.2) is 66.3 Å². The highest BCUT2D eigenvalue weighted by Crippen LogP contribution is 2.16. The second kappa shape index (κ2) is 9.02. The highest BCUT2D eigenvalue weighted by Gasteiger charge is 2.00. The minimum atomic E-state index is 0.419. The first kappa shape index (κ1) is 17.0. The fourth-order valence-electron chi connectivity index (χ4n) is 2.09. The topological polar surface area (TPSA) is 9.23 Å². The monoisotopic (exact) mass is 282 g/mol. The smallest absolute Gasteiger partial charge is 0.118 e. The number of rotatable bonds is 7. The second-order valence-electron chi connectivity index (χ2n) is 5.43. The van der Waals surface area contributed by atoms with Crippen LogP contribution in [0.3, 0.4) is 0 Å². The molecule has 1 rings (SSSR count). The molecule has 0 fully saturated rings. The minimum Gasteiger partial charge on any atom is -0.497 e. The summed E-state index contributed by atoms with van der Waals surface area (Å²) < 4.78 is 5.16. The van der Waals surface area contributed by atoms with E-state index >= 15 is 0 Å². The van der Waals surface area contributed by atoms with Gasteiger partial charge in [0.15, 0.2) is 0 Å². The van der Waals surface area contributed by atoms with Crippen LogP contribution in [0.5, 0.6) is 5.75 Å². The number of benzene rings is 1. The SMILES string of the molecule is C=CC(C)=CC(C=C(C)C)CC=Cc1ccc(OC)cc1. The molecule has 0 radical (unpaired) electrons. The first-order valence-corrected chi connectivity index (χ1v) is 7.31. The molecule has 1 atom stereocenters. The Kier molecular flexibility index (Phi) is 7.31. The Labute approximate surface area is 129 Å². The quantitative estimate of drug-likeness (QED) is 0.452. The molecule has 0 N–H and O–H groups in total. The lowest BCUT2D eigenvalue weighted by Crippen LogP contribution is -1.92. The van der Waals surface area contributed by atoms with Gasteiger partial charge in [-0.3, -0.25) is 0 Å². The van der Waals surface area contributed by atoms with Gasteiger partial charge in [-0.25, -0.2) is 0 Å². The van der Waals surface area contributed by atoms with Crippen molar-refractivity contribution in [2.24, 2.45) is 5.92 Å². The molecule has 1 aromatic carbocycles. The van der Waals surface area contributed by atoms with E-state index < -0.39 is 0 Å². The standard InChI is InChI=1S/C20H26O/c1-6-17(4)15-19(14-16(2)3)9-7-8-18-10-12-20(21-5)13-11-18/h6-8,10-15,19H,1,9H2,2-5H3. The van der Waals surface area contributed by atoms with Crippen LogP contribution in [0.4, 0.5) is 0 Å². The number of hydrogen-bond acceptors (Lipinski definition) is 1. The molecule has 0 aliphatic heterocycles. The third-order valence-corrected chi connectivity index (χ3v) is 3.18. The molecule has 0 bridgehead atoms. The molecule has 112 valence electrons. The lowest BCUT2D eigenvalue weighted by atomic mass is 9.99. The summed E-state index contributed by atoms with van der Waals surface area (Å²) in [5.41, 5.74) is 3.75. The van der Waals surface area contributed by atoms with Crippen LogP contribution in [0, 0.1) is 5.92 Å². The maximum Gasteiger partial charge on any atom is 0.118 e. The van der Waals surface area contributed by atoms with Gasteiger partial charge in [-0.15, -0.1) is 0 Å². The van der Waals surface area contributed by atoms with Gasteiger partial charge in [0.05, 0.1) is 7.11 Å². The molecular formula is C20H26O.